The molecule has 2 fully saturated rings. The highest BCUT2D eigenvalue weighted by atomic mass is 35.5. The summed E-state index contributed by atoms with van der Waals surface area (Å²) in [5.74, 6) is 0.320. The topological polar surface area (TPSA) is 84.7 Å². The summed E-state index contributed by atoms with van der Waals surface area (Å²) in [6.07, 6.45) is 1.70. The highest BCUT2D eigenvalue weighted by Crippen LogP contribution is 2.34. The number of benzene rings is 1. The van der Waals surface area contributed by atoms with E-state index in [-0.39, 0.29) is 12.0 Å². The minimum absolute atomic E-state index is 0.141. The third-order valence-corrected chi connectivity index (χ3v) is 5.58. The standard InChI is InChI=1S/C19H20ClN3O4/c1-12-15(16(22-27-12)13-5-2-3-6-14(13)20)17(24)23-9-4-7-19(8-10-23)11-21-18(25)26-19/h2-3,5-6H,4,7-11H2,1H3,(H,21,25). The van der Waals surface area contributed by atoms with Gasteiger partial charge in [-0.3, -0.25) is 4.79 Å². The Balaban J connectivity index is 1.60. The lowest BCUT2D eigenvalue weighted by atomic mass is 9.95. The number of aromatic nitrogens is 1. The predicted octanol–water partition coefficient (Wildman–Crippen LogP) is 3.41. The molecule has 0 aliphatic carbocycles. The maximum absolute atomic E-state index is 13.3. The third-order valence-electron chi connectivity index (χ3n) is 5.25. The Morgan fingerprint density at radius 1 is 1.30 bits per heavy atom. The van der Waals surface area contributed by atoms with E-state index < -0.39 is 5.60 Å². The van der Waals surface area contributed by atoms with Crippen LogP contribution in [0.15, 0.2) is 28.8 Å². The first kappa shape index (κ1) is 17.9. The summed E-state index contributed by atoms with van der Waals surface area (Å²) in [6.45, 7) is 3.30. The molecule has 1 atom stereocenters. The quantitative estimate of drug-likeness (QED) is 0.850. The van der Waals surface area contributed by atoms with Crippen molar-refractivity contribution in [2.45, 2.75) is 31.8 Å². The first-order chi connectivity index (χ1) is 13.0. The van der Waals surface area contributed by atoms with E-state index in [1.54, 1.807) is 17.9 Å². The van der Waals surface area contributed by atoms with E-state index in [0.717, 1.165) is 12.8 Å². The lowest BCUT2D eigenvalue weighted by Gasteiger charge is -2.25. The first-order valence-corrected chi connectivity index (χ1v) is 9.34. The van der Waals surface area contributed by atoms with Crippen molar-refractivity contribution in [3.8, 4) is 11.3 Å². The number of aryl methyl sites for hydroxylation is 1. The zero-order valence-corrected chi connectivity index (χ0v) is 15.7. The van der Waals surface area contributed by atoms with Gasteiger partial charge in [0.05, 0.1) is 11.6 Å². The summed E-state index contributed by atoms with van der Waals surface area (Å²) < 4.78 is 10.8. The summed E-state index contributed by atoms with van der Waals surface area (Å²) >= 11 is 6.29. The fourth-order valence-corrected chi connectivity index (χ4v) is 4.00. The maximum atomic E-state index is 13.3. The van der Waals surface area contributed by atoms with Gasteiger partial charge in [-0.05, 0) is 25.8 Å². The fourth-order valence-electron chi connectivity index (χ4n) is 3.77. The number of halogens is 1. The summed E-state index contributed by atoms with van der Waals surface area (Å²) in [5.41, 5.74) is 1.04. The number of likely N-dealkylation sites (tertiary alicyclic amines) is 1. The molecule has 8 heteroatoms. The molecular formula is C19H20ClN3O4. The highest BCUT2D eigenvalue weighted by molar-refractivity contribution is 6.33. The zero-order chi connectivity index (χ0) is 19.0. The minimum atomic E-state index is -0.513. The second-order valence-corrected chi connectivity index (χ2v) is 7.42. The molecule has 1 N–H and O–H groups in total. The van der Waals surface area contributed by atoms with Crippen LogP contribution in [0.2, 0.25) is 5.02 Å². The van der Waals surface area contributed by atoms with Crippen molar-refractivity contribution in [1.82, 2.24) is 15.4 Å². The van der Waals surface area contributed by atoms with E-state index in [1.165, 1.54) is 0 Å². The van der Waals surface area contributed by atoms with Crippen molar-refractivity contribution < 1.29 is 18.8 Å². The number of alkyl carbamates (subject to hydrolysis) is 1. The Morgan fingerprint density at radius 2 is 2.11 bits per heavy atom. The number of carbonyl (C=O) groups excluding carboxylic acids is 2. The van der Waals surface area contributed by atoms with Crippen LogP contribution in [-0.4, -0.2) is 47.3 Å². The van der Waals surface area contributed by atoms with Crippen molar-refractivity contribution in [2.24, 2.45) is 0 Å². The van der Waals surface area contributed by atoms with Crippen LogP contribution >= 0.6 is 11.6 Å². The van der Waals surface area contributed by atoms with Gasteiger partial charge in [-0.25, -0.2) is 4.79 Å². The predicted molar refractivity (Wildman–Crippen MR) is 98.7 cm³/mol. The maximum Gasteiger partial charge on any atom is 0.407 e. The summed E-state index contributed by atoms with van der Waals surface area (Å²) in [4.78, 5) is 26.5. The summed E-state index contributed by atoms with van der Waals surface area (Å²) in [6, 6.07) is 7.24. The molecule has 142 valence electrons. The molecule has 2 saturated heterocycles. The fraction of sp³-hybridized carbons (Fsp3) is 0.421. The molecule has 3 heterocycles. The molecule has 4 rings (SSSR count). The summed E-state index contributed by atoms with van der Waals surface area (Å²) in [5, 5.41) is 7.31. The van der Waals surface area contributed by atoms with Crippen molar-refractivity contribution in [3.05, 3.63) is 40.6 Å². The molecule has 2 aromatic rings. The van der Waals surface area contributed by atoms with Crippen LogP contribution in [0.3, 0.4) is 0 Å². The number of carbonyl (C=O) groups is 2. The molecule has 2 amide bonds. The molecule has 7 nitrogen and oxygen atoms in total. The average molecular weight is 390 g/mol. The Hall–Kier alpha value is -2.54. The molecule has 0 radical (unpaired) electrons. The monoisotopic (exact) mass is 389 g/mol. The van der Waals surface area contributed by atoms with E-state index in [2.05, 4.69) is 10.5 Å². The Labute approximate surface area is 161 Å². The minimum Gasteiger partial charge on any atom is -0.441 e. The van der Waals surface area contributed by atoms with Crippen molar-refractivity contribution >= 4 is 23.6 Å². The van der Waals surface area contributed by atoms with Gasteiger partial charge < -0.3 is 19.5 Å². The molecule has 0 saturated carbocycles. The van der Waals surface area contributed by atoms with Gasteiger partial charge in [-0.1, -0.05) is 35.0 Å². The van der Waals surface area contributed by atoms with Crippen LogP contribution in [0.5, 0.6) is 0 Å². The van der Waals surface area contributed by atoms with Gasteiger partial charge in [0, 0.05) is 25.1 Å². The number of rotatable bonds is 2. The van der Waals surface area contributed by atoms with Crippen LogP contribution < -0.4 is 5.32 Å². The van der Waals surface area contributed by atoms with Gasteiger partial charge in [0.1, 0.15) is 22.6 Å². The molecule has 0 bridgehead atoms. The Kier molecular flexibility index (Phi) is 4.55. The largest absolute Gasteiger partial charge is 0.441 e. The van der Waals surface area contributed by atoms with Crippen molar-refractivity contribution in [1.29, 1.82) is 0 Å². The lowest BCUT2D eigenvalue weighted by molar-refractivity contribution is 0.0438. The smallest absolute Gasteiger partial charge is 0.407 e. The number of hydrogen-bond donors (Lipinski definition) is 1. The van der Waals surface area contributed by atoms with Crippen molar-refractivity contribution in [3.63, 3.8) is 0 Å². The first-order valence-electron chi connectivity index (χ1n) is 8.96. The van der Waals surface area contributed by atoms with Gasteiger partial charge in [0.25, 0.3) is 5.91 Å². The number of amides is 2. The van der Waals surface area contributed by atoms with E-state index in [4.69, 9.17) is 20.9 Å². The molecule has 1 aromatic heterocycles. The molecule has 2 aliphatic heterocycles. The molecular weight excluding hydrogens is 370 g/mol. The second-order valence-electron chi connectivity index (χ2n) is 7.01. The Bertz CT molecular complexity index is 897. The summed E-state index contributed by atoms with van der Waals surface area (Å²) in [7, 11) is 0. The molecule has 1 aromatic carbocycles. The van der Waals surface area contributed by atoms with E-state index in [1.807, 2.05) is 18.2 Å². The lowest BCUT2D eigenvalue weighted by Crippen LogP contribution is -2.36. The third kappa shape index (κ3) is 3.27. The number of nitrogens with zero attached hydrogens (tertiary/aromatic N) is 2. The van der Waals surface area contributed by atoms with Gasteiger partial charge in [-0.15, -0.1) is 0 Å². The van der Waals surface area contributed by atoms with Crippen LogP contribution in [0.25, 0.3) is 11.3 Å². The van der Waals surface area contributed by atoms with Crippen LogP contribution in [0.4, 0.5) is 4.79 Å². The number of hydrogen-bond acceptors (Lipinski definition) is 5. The van der Waals surface area contributed by atoms with E-state index >= 15 is 0 Å². The van der Waals surface area contributed by atoms with Crippen LogP contribution in [0.1, 0.15) is 35.4 Å². The van der Waals surface area contributed by atoms with E-state index in [9.17, 15) is 9.59 Å². The molecule has 1 spiro atoms. The SMILES string of the molecule is Cc1onc(-c2ccccc2Cl)c1C(=O)N1CCCC2(CC1)CNC(=O)O2. The van der Waals surface area contributed by atoms with E-state index in [0.29, 0.717) is 53.7 Å². The molecule has 2 aliphatic rings. The second kappa shape index (κ2) is 6.88. The number of ether oxygens (including phenoxy) is 1. The zero-order valence-electron chi connectivity index (χ0n) is 15.0. The van der Waals surface area contributed by atoms with Crippen LogP contribution in [-0.2, 0) is 4.74 Å². The normalized spacial score (nSPS) is 22.4. The van der Waals surface area contributed by atoms with Gasteiger partial charge in [0.2, 0.25) is 0 Å². The van der Waals surface area contributed by atoms with Gasteiger partial charge >= 0.3 is 6.09 Å². The number of nitrogens with one attached hydrogen (secondary N) is 1. The van der Waals surface area contributed by atoms with Crippen LogP contribution in [0, 0.1) is 6.92 Å². The highest BCUT2D eigenvalue weighted by Gasteiger charge is 2.42. The van der Waals surface area contributed by atoms with Gasteiger partial charge in [0.15, 0.2) is 0 Å². The van der Waals surface area contributed by atoms with Gasteiger partial charge in [-0.2, -0.15) is 0 Å². The Morgan fingerprint density at radius 3 is 2.85 bits per heavy atom. The molecule has 27 heavy (non-hydrogen) atoms. The van der Waals surface area contributed by atoms with Crippen molar-refractivity contribution in [2.75, 3.05) is 19.6 Å². The average Bonchev–Trinajstić information content (AvgIpc) is 3.13. The molecule has 1 unspecified atom stereocenters.